The Bertz CT molecular complexity index is 729. The molecular weight excluding hydrogens is 282 g/mol. The zero-order chi connectivity index (χ0) is 14.1. The highest BCUT2D eigenvalue weighted by atomic mass is 32.1. The van der Waals surface area contributed by atoms with Gasteiger partial charge in [-0.15, -0.1) is 0 Å². The summed E-state index contributed by atoms with van der Waals surface area (Å²) in [5, 5.41) is 5.54. The lowest BCUT2D eigenvalue weighted by molar-refractivity contribution is 0.0338. The molecule has 1 aliphatic rings. The summed E-state index contributed by atoms with van der Waals surface area (Å²) in [6.07, 6.45) is 1.84. The van der Waals surface area contributed by atoms with Crippen LogP contribution in [0.15, 0.2) is 35.2 Å². The summed E-state index contributed by atoms with van der Waals surface area (Å²) in [6, 6.07) is 6.34. The van der Waals surface area contributed by atoms with Gasteiger partial charge in [-0.2, -0.15) is 11.3 Å². The fraction of sp³-hybridized carbons (Fsp3) is 0.312. The lowest BCUT2D eigenvalue weighted by Gasteiger charge is -2.26. The quantitative estimate of drug-likeness (QED) is 0.808. The monoisotopic (exact) mass is 299 g/mol. The summed E-state index contributed by atoms with van der Waals surface area (Å²) in [5.41, 5.74) is 4.80. The molecule has 108 valence electrons. The van der Waals surface area contributed by atoms with Crippen LogP contribution in [0.25, 0.3) is 22.2 Å². The lowest BCUT2D eigenvalue weighted by Crippen LogP contribution is -2.35. The van der Waals surface area contributed by atoms with E-state index in [1.54, 1.807) is 11.3 Å². The van der Waals surface area contributed by atoms with Gasteiger partial charge in [0, 0.05) is 42.5 Å². The number of hydrogen-bond acceptors (Lipinski definition) is 4. The van der Waals surface area contributed by atoms with Gasteiger partial charge in [-0.25, -0.2) is 4.98 Å². The fourth-order valence-corrected chi connectivity index (χ4v) is 3.56. The van der Waals surface area contributed by atoms with Gasteiger partial charge in [0.25, 0.3) is 0 Å². The summed E-state index contributed by atoms with van der Waals surface area (Å²) < 4.78 is 5.44. The second-order valence-corrected chi connectivity index (χ2v) is 6.06. The average molecular weight is 299 g/mol. The molecule has 4 nitrogen and oxygen atoms in total. The molecule has 0 atom stereocenters. The number of aromatic amines is 1. The molecule has 3 aromatic rings. The second-order valence-electron chi connectivity index (χ2n) is 5.28. The highest BCUT2D eigenvalue weighted by molar-refractivity contribution is 7.08. The van der Waals surface area contributed by atoms with E-state index in [2.05, 4.69) is 37.8 Å². The normalized spacial score (nSPS) is 16.6. The van der Waals surface area contributed by atoms with Crippen LogP contribution in [-0.4, -0.2) is 41.2 Å². The standard InChI is InChI=1S/C16H17N3OS/c1-2-13-15(12-3-9-21-11-12)14(18-16(13)17-4-1)10-19-5-7-20-8-6-19/h1-4,9,11H,5-8,10H2,(H,17,18). The Kier molecular flexibility index (Phi) is 3.47. The van der Waals surface area contributed by atoms with Gasteiger partial charge in [-0.3, -0.25) is 4.90 Å². The number of fused-ring (bicyclic) bond motifs is 1. The molecule has 5 heteroatoms. The van der Waals surface area contributed by atoms with Crippen molar-refractivity contribution < 1.29 is 4.74 Å². The van der Waals surface area contributed by atoms with E-state index in [0.29, 0.717) is 0 Å². The van der Waals surface area contributed by atoms with Crippen molar-refractivity contribution in [2.45, 2.75) is 6.54 Å². The first kappa shape index (κ1) is 13.0. The molecule has 1 saturated heterocycles. The number of nitrogens with one attached hydrogen (secondary N) is 1. The van der Waals surface area contributed by atoms with Gasteiger partial charge in [-0.1, -0.05) is 0 Å². The average Bonchev–Trinajstić information content (AvgIpc) is 3.14. The van der Waals surface area contributed by atoms with E-state index in [1.165, 1.54) is 22.2 Å². The third-order valence-electron chi connectivity index (χ3n) is 3.94. The molecule has 1 fully saturated rings. The Balaban J connectivity index is 1.78. The van der Waals surface area contributed by atoms with Gasteiger partial charge in [-0.05, 0) is 34.5 Å². The van der Waals surface area contributed by atoms with Gasteiger partial charge < -0.3 is 9.72 Å². The minimum absolute atomic E-state index is 0.826. The van der Waals surface area contributed by atoms with Crippen LogP contribution in [0.1, 0.15) is 5.69 Å². The molecule has 1 aliphatic heterocycles. The van der Waals surface area contributed by atoms with Gasteiger partial charge in [0.2, 0.25) is 0 Å². The smallest absolute Gasteiger partial charge is 0.138 e. The molecule has 0 aliphatic carbocycles. The number of nitrogens with zero attached hydrogens (tertiary/aromatic N) is 2. The number of H-pyrrole nitrogens is 1. The third kappa shape index (κ3) is 2.48. The lowest BCUT2D eigenvalue weighted by atomic mass is 10.1. The van der Waals surface area contributed by atoms with Crippen LogP contribution >= 0.6 is 11.3 Å². The number of aromatic nitrogens is 2. The Hall–Kier alpha value is -1.69. The maximum Gasteiger partial charge on any atom is 0.138 e. The van der Waals surface area contributed by atoms with Crippen LogP contribution in [0.5, 0.6) is 0 Å². The maximum atomic E-state index is 5.44. The van der Waals surface area contributed by atoms with Crippen LogP contribution < -0.4 is 0 Å². The molecule has 0 saturated carbocycles. The summed E-state index contributed by atoms with van der Waals surface area (Å²) in [6.45, 7) is 4.56. The van der Waals surface area contributed by atoms with Crippen molar-refractivity contribution in [2.75, 3.05) is 26.3 Å². The Morgan fingerprint density at radius 2 is 2.19 bits per heavy atom. The Morgan fingerprint density at radius 3 is 3.00 bits per heavy atom. The molecule has 0 bridgehead atoms. The third-order valence-corrected chi connectivity index (χ3v) is 4.63. The Labute approximate surface area is 127 Å². The first-order valence-corrected chi connectivity index (χ1v) is 8.14. The zero-order valence-electron chi connectivity index (χ0n) is 11.7. The molecule has 0 unspecified atom stereocenters. The first-order valence-electron chi connectivity index (χ1n) is 7.20. The topological polar surface area (TPSA) is 41.2 Å². The molecule has 0 spiro atoms. The van der Waals surface area contributed by atoms with E-state index in [0.717, 1.165) is 38.5 Å². The van der Waals surface area contributed by atoms with E-state index in [-0.39, 0.29) is 0 Å². The Morgan fingerprint density at radius 1 is 1.29 bits per heavy atom. The number of morpholine rings is 1. The zero-order valence-corrected chi connectivity index (χ0v) is 12.5. The molecule has 0 radical (unpaired) electrons. The van der Waals surface area contributed by atoms with Gasteiger partial charge in [0.15, 0.2) is 0 Å². The van der Waals surface area contributed by atoms with Crippen LogP contribution in [-0.2, 0) is 11.3 Å². The number of ether oxygens (including phenoxy) is 1. The molecule has 4 rings (SSSR count). The molecule has 3 aromatic heterocycles. The van der Waals surface area contributed by atoms with E-state index in [1.807, 2.05) is 12.3 Å². The van der Waals surface area contributed by atoms with Crippen molar-refractivity contribution in [3.8, 4) is 11.1 Å². The van der Waals surface area contributed by atoms with E-state index in [4.69, 9.17) is 4.74 Å². The highest BCUT2D eigenvalue weighted by Crippen LogP contribution is 2.33. The molecule has 0 amide bonds. The first-order chi connectivity index (χ1) is 10.4. The summed E-state index contributed by atoms with van der Waals surface area (Å²) in [4.78, 5) is 10.4. The predicted molar refractivity (Wildman–Crippen MR) is 85.5 cm³/mol. The van der Waals surface area contributed by atoms with Crippen molar-refractivity contribution in [3.05, 3.63) is 40.8 Å². The number of pyridine rings is 1. The van der Waals surface area contributed by atoms with E-state index in [9.17, 15) is 0 Å². The van der Waals surface area contributed by atoms with Crippen LogP contribution in [0.2, 0.25) is 0 Å². The SMILES string of the molecule is c1cnc2[nH]c(CN3CCOCC3)c(-c3ccsc3)c2c1. The van der Waals surface area contributed by atoms with Crippen molar-refractivity contribution in [1.82, 2.24) is 14.9 Å². The van der Waals surface area contributed by atoms with Gasteiger partial charge >= 0.3 is 0 Å². The molecule has 4 heterocycles. The predicted octanol–water partition coefficient (Wildman–Crippen LogP) is 3.12. The fourth-order valence-electron chi connectivity index (χ4n) is 2.91. The van der Waals surface area contributed by atoms with Crippen LogP contribution in [0.3, 0.4) is 0 Å². The van der Waals surface area contributed by atoms with Gasteiger partial charge in [0.05, 0.1) is 13.2 Å². The van der Waals surface area contributed by atoms with E-state index < -0.39 is 0 Å². The van der Waals surface area contributed by atoms with Gasteiger partial charge in [0.1, 0.15) is 5.65 Å². The van der Waals surface area contributed by atoms with Crippen LogP contribution in [0.4, 0.5) is 0 Å². The molecule has 1 N–H and O–H groups in total. The largest absolute Gasteiger partial charge is 0.379 e. The van der Waals surface area contributed by atoms with E-state index >= 15 is 0 Å². The maximum absolute atomic E-state index is 5.44. The molecule has 21 heavy (non-hydrogen) atoms. The van der Waals surface area contributed by atoms with Crippen molar-refractivity contribution >= 4 is 22.4 Å². The van der Waals surface area contributed by atoms with Crippen LogP contribution in [0, 0.1) is 0 Å². The van der Waals surface area contributed by atoms with Crippen molar-refractivity contribution in [2.24, 2.45) is 0 Å². The number of hydrogen-bond donors (Lipinski definition) is 1. The van der Waals surface area contributed by atoms with Crippen molar-refractivity contribution in [3.63, 3.8) is 0 Å². The second kappa shape index (κ2) is 5.60. The minimum atomic E-state index is 0.826. The summed E-state index contributed by atoms with van der Waals surface area (Å²) in [7, 11) is 0. The molecular formula is C16H17N3OS. The summed E-state index contributed by atoms with van der Waals surface area (Å²) in [5.74, 6) is 0. The number of thiophene rings is 1. The minimum Gasteiger partial charge on any atom is -0.379 e. The summed E-state index contributed by atoms with van der Waals surface area (Å²) >= 11 is 1.73. The highest BCUT2D eigenvalue weighted by Gasteiger charge is 2.18. The number of rotatable bonds is 3. The molecule has 0 aromatic carbocycles. The van der Waals surface area contributed by atoms with Crippen molar-refractivity contribution in [1.29, 1.82) is 0 Å².